The Bertz CT molecular complexity index is 169. The highest BCUT2D eigenvalue weighted by Crippen LogP contribution is 2.38. The minimum absolute atomic E-state index is 0.0978. The van der Waals surface area contributed by atoms with Crippen LogP contribution in [0.2, 0.25) is 0 Å². The second-order valence-electron chi connectivity index (χ2n) is 3.75. The van der Waals surface area contributed by atoms with Gasteiger partial charge in [0.25, 0.3) is 0 Å². The third-order valence-corrected chi connectivity index (χ3v) is 3.06. The summed E-state index contributed by atoms with van der Waals surface area (Å²) >= 11 is 0. The average molecular weight is 154 g/mol. The van der Waals surface area contributed by atoms with Crippen molar-refractivity contribution in [1.29, 1.82) is 0 Å². The van der Waals surface area contributed by atoms with Crippen LogP contribution in [-0.4, -0.2) is 19.0 Å². The number of carbonyl (C=O) groups excluding carboxylic acids is 1. The zero-order valence-corrected chi connectivity index (χ0v) is 6.55. The molecule has 3 atom stereocenters. The van der Waals surface area contributed by atoms with Crippen molar-refractivity contribution in [3.63, 3.8) is 0 Å². The Morgan fingerprint density at radius 3 is 2.27 bits per heavy atom. The van der Waals surface area contributed by atoms with E-state index in [2.05, 4.69) is 5.32 Å². The van der Waals surface area contributed by atoms with Crippen LogP contribution in [0.1, 0.15) is 12.8 Å². The fourth-order valence-corrected chi connectivity index (χ4v) is 2.40. The monoisotopic (exact) mass is 154 g/mol. The molecule has 0 bridgehead atoms. The molecule has 2 fully saturated rings. The molecule has 0 aromatic heterocycles. The van der Waals surface area contributed by atoms with Crippen molar-refractivity contribution in [3.8, 4) is 0 Å². The van der Waals surface area contributed by atoms with E-state index in [0.717, 1.165) is 37.8 Å². The summed E-state index contributed by atoms with van der Waals surface area (Å²) in [5, 5.41) is 3.33. The molecule has 3 N–H and O–H groups in total. The number of amides is 1. The van der Waals surface area contributed by atoms with Gasteiger partial charge in [-0.3, -0.25) is 4.79 Å². The van der Waals surface area contributed by atoms with Crippen LogP contribution in [0.5, 0.6) is 0 Å². The fourth-order valence-electron chi connectivity index (χ4n) is 2.40. The molecule has 1 saturated carbocycles. The quantitative estimate of drug-likeness (QED) is 0.545. The summed E-state index contributed by atoms with van der Waals surface area (Å²) in [7, 11) is 0. The second-order valence-corrected chi connectivity index (χ2v) is 3.75. The van der Waals surface area contributed by atoms with Gasteiger partial charge in [-0.2, -0.15) is 0 Å². The molecule has 2 rings (SSSR count). The molecule has 1 unspecified atom stereocenters. The lowest BCUT2D eigenvalue weighted by atomic mass is 10.0. The van der Waals surface area contributed by atoms with Crippen LogP contribution in [0.4, 0.5) is 0 Å². The summed E-state index contributed by atoms with van der Waals surface area (Å²) in [6.45, 7) is 2.18. The largest absolute Gasteiger partial charge is 0.369 e. The highest BCUT2D eigenvalue weighted by atomic mass is 16.1. The fraction of sp³-hybridized carbons (Fsp3) is 0.875. The Kier molecular flexibility index (Phi) is 1.60. The zero-order chi connectivity index (χ0) is 7.84. The third kappa shape index (κ3) is 1.13. The number of rotatable bonds is 1. The van der Waals surface area contributed by atoms with Gasteiger partial charge in [-0.15, -0.1) is 0 Å². The number of fused-ring (bicyclic) bond motifs is 1. The SMILES string of the molecule is NC(=O)C1C[C@H]2CNC[C@H]2C1. The number of hydrogen-bond acceptors (Lipinski definition) is 2. The maximum atomic E-state index is 10.8. The van der Waals surface area contributed by atoms with E-state index in [-0.39, 0.29) is 11.8 Å². The van der Waals surface area contributed by atoms with Crippen molar-refractivity contribution in [2.75, 3.05) is 13.1 Å². The van der Waals surface area contributed by atoms with Gasteiger partial charge in [0.15, 0.2) is 0 Å². The predicted octanol–water partition coefficient (Wildman–Crippen LogP) is -0.283. The lowest BCUT2D eigenvalue weighted by Gasteiger charge is -2.04. The minimum Gasteiger partial charge on any atom is -0.369 e. The number of carbonyl (C=O) groups is 1. The molecule has 0 aromatic carbocycles. The lowest BCUT2D eigenvalue weighted by molar-refractivity contribution is -0.121. The molecule has 0 radical (unpaired) electrons. The first-order valence-corrected chi connectivity index (χ1v) is 4.27. The van der Waals surface area contributed by atoms with Crippen molar-refractivity contribution < 1.29 is 4.79 Å². The standard InChI is InChI=1S/C8H14N2O/c9-8(11)5-1-6-3-10-4-7(6)2-5/h5-7,10H,1-4H2,(H2,9,11)/t5?,6-,7+. The van der Waals surface area contributed by atoms with Crippen LogP contribution in [0, 0.1) is 17.8 Å². The Morgan fingerprint density at radius 1 is 1.27 bits per heavy atom. The minimum atomic E-state index is -0.0978. The van der Waals surface area contributed by atoms with Crippen LogP contribution < -0.4 is 11.1 Å². The first-order chi connectivity index (χ1) is 5.27. The summed E-state index contributed by atoms with van der Waals surface area (Å²) in [6, 6.07) is 0. The van der Waals surface area contributed by atoms with Crippen molar-refractivity contribution in [1.82, 2.24) is 5.32 Å². The van der Waals surface area contributed by atoms with Gasteiger partial charge >= 0.3 is 0 Å². The molecule has 3 nitrogen and oxygen atoms in total. The van der Waals surface area contributed by atoms with E-state index in [1.54, 1.807) is 0 Å². The van der Waals surface area contributed by atoms with E-state index in [1.807, 2.05) is 0 Å². The molecule has 3 heteroatoms. The zero-order valence-electron chi connectivity index (χ0n) is 6.55. The molecule has 2 aliphatic rings. The van der Waals surface area contributed by atoms with Gasteiger partial charge in [0, 0.05) is 5.92 Å². The Hall–Kier alpha value is -0.570. The predicted molar refractivity (Wildman–Crippen MR) is 41.8 cm³/mol. The normalized spacial score (nSPS) is 42.4. The summed E-state index contributed by atoms with van der Waals surface area (Å²) in [4.78, 5) is 10.8. The first-order valence-electron chi connectivity index (χ1n) is 4.27. The third-order valence-electron chi connectivity index (χ3n) is 3.06. The lowest BCUT2D eigenvalue weighted by Crippen LogP contribution is -2.23. The van der Waals surface area contributed by atoms with Gasteiger partial charge in [-0.25, -0.2) is 0 Å². The van der Waals surface area contributed by atoms with E-state index in [1.165, 1.54) is 0 Å². The summed E-state index contributed by atoms with van der Waals surface area (Å²) < 4.78 is 0. The van der Waals surface area contributed by atoms with Crippen LogP contribution in [0.25, 0.3) is 0 Å². The van der Waals surface area contributed by atoms with Gasteiger partial charge in [0.2, 0.25) is 5.91 Å². The molecule has 0 aromatic rings. The number of primary amides is 1. The Morgan fingerprint density at radius 2 is 1.82 bits per heavy atom. The van der Waals surface area contributed by atoms with Crippen molar-refractivity contribution >= 4 is 5.91 Å². The second kappa shape index (κ2) is 2.48. The van der Waals surface area contributed by atoms with Gasteiger partial charge in [-0.1, -0.05) is 0 Å². The first kappa shape index (κ1) is 7.10. The number of hydrogen-bond donors (Lipinski definition) is 2. The van der Waals surface area contributed by atoms with Crippen molar-refractivity contribution in [2.45, 2.75) is 12.8 Å². The Balaban J connectivity index is 1.99. The van der Waals surface area contributed by atoms with Crippen LogP contribution in [0.15, 0.2) is 0 Å². The average Bonchev–Trinajstić information content (AvgIpc) is 2.40. The molecule has 11 heavy (non-hydrogen) atoms. The van der Waals surface area contributed by atoms with Gasteiger partial charge in [0.05, 0.1) is 0 Å². The highest BCUT2D eigenvalue weighted by molar-refractivity contribution is 5.77. The molecule has 62 valence electrons. The highest BCUT2D eigenvalue weighted by Gasteiger charge is 2.39. The Labute approximate surface area is 66.3 Å². The molecule has 1 heterocycles. The molecular weight excluding hydrogens is 140 g/mol. The van der Waals surface area contributed by atoms with E-state index in [9.17, 15) is 4.79 Å². The molecule has 1 aliphatic carbocycles. The maximum Gasteiger partial charge on any atom is 0.220 e. The smallest absolute Gasteiger partial charge is 0.220 e. The van der Waals surface area contributed by atoms with Crippen molar-refractivity contribution in [2.24, 2.45) is 23.5 Å². The topological polar surface area (TPSA) is 55.1 Å². The summed E-state index contributed by atoms with van der Waals surface area (Å²) in [6.07, 6.45) is 2.04. The number of nitrogens with one attached hydrogen (secondary N) is 1. The van der Waals surface area contributed by atoms with Gasteiger partial charge in [0.1, 0.15) is 0 Å². The number of nitrogens with two attached hydrogens (primary N) is 1. The molecule has 1 aliphatic heterocycles. The molecular formula is C8H14N2O. The van der Waals surface area contributed by atoms with E-state index in [4.69, 9.17) is 5.73 Å². The van der Waals surface area contributed by atoms with Crippen LogP contribution in [-0.2, 0) is 4.79 Å². The van der Waals surface area contributed by atoms with Crippen LogP contribution >= 0.6 is 0 Å². The van der Waals surface area contributed by atoms with Gasteiger partial charge in [-0.05, 0) is 37.8 Å². The summed E-state index contributed by atoms with van der Waals surface area (Å²) in [5.41, 5.74) is 5.24. The van der Waals surface area contributed by atoms with Gasteiger partial charge < -0.3 is 11.1 Å². The maximum absolute atomic E-state index is 10.8. The van der Waals surface area contributed by atoms with E-state index < -0.39 is 0 Å². The van der Waals surface area contributed by atoms with E-state index >= 15 is 0 Å². The van der Waals surface area contributed by atoms with E-state index in [0.29, 0.717) is 0 Å². The molecule has 1 saturated heterocycles. The summed E-state index contributed by atoms with van der Waals surface area (Å²) in [5.74, 6) is 1.53. The molecule has 0 spiro atoms. The van der Waals surface area contributed by atoms with Crippen molar-refractivity contribution in [3.05, 3.63) is 0 Å². The van der Waals surface area contributed by atoms with Crippen LogP contribution in [0.3, 0.4) is 0 Å². The molecule has 1 amide bonds.